The van der Waals surface area contributed by atoms with Crippen LogP contribution in [0.25, 0.3) is 22.3 Å². The van der Waals surface area contributed by atoms with Gasteiger partial charge in [0.25, 0.3) is 0 Å². The van der Waals surface area contributed by atoms with Crippen molar-refractivity contribution >= 4 is 22.8 Å². The first-order chi connectivity index (χ1) is 18.1. The lowest BCUT2D eigenvalue weighted by Gasteiger charge is -2.53. The predicted octanol–water partition coefficient (Wildman–Crippen LogP) is 3.15. The summed E-state index contributed by atoms with van der Waals surface area (Å²) in [4.78, 5) is 33.1. The Balaban J connectivity index is 1.10. The van der Waals surface area contributed by atoms with Crippen LogP contribution in [0.3, 0.4) is 0 Å². The number of carbonyl (C=O) groups is 1. The molecule has 4 aromatic rings. The number of piperidine rings is 1. The molecule has 37 heavy (non-hydrogen) atoms. The number of aryl methyl sites for hydroxylation is 1. The second-order valence-corrected chi connectivity index (χ2v) is 9.88. The molecule has 0 saturated carbocycles. The molecule has 0 spiro atoms. The number of likely N-dealkylation sites (tertiary alicyclic amines) is 2. The van der Waals surface area contributed by atoms with Gasteiger partial charge in [0.15, 0.2) is 0 Å². The van der Waals surface area contributed by atoms with E-state index in [9.17, 15) is 10.1 Å². The van der Waals surface area contributed by atoms with Crippen LogP contribution in [0, 0.1) is 18.3 Å². The number of nitrogens with zero attached hydrogens (tertiary/aromatic N) is 8. The molecule has 0 radical (unpaired) electrons. The van der Waals surface area contributed by atoms with Gasteiger partial charge in [0, 0.05) is 61.8 Å². The number of carbonyl (C=O) groups excluding carboxylic acids is 1. The summed E-state index contributed by atoms with van der Waals surface area (Å²) in [5.41, 5.74) is 3.72. The van der Waals surface area contributed by atoms with E-state index in [1.54, 1.807) is 12.5 Å². The van der Waals surface area contributed by atoms with E-state index in [1.165, 1.54) is 0 Å². The second-order valence-electron chi connectivity index (χ2n) is 9.88. The van der Waals surface area contributed by atoms with Gasteiger partial charge in [0.1, 0.15) is 17.5 Å². The van der Waals surface area contributed by atoms with Crippen molar-refractivity contribution in [3.8, 4) is 17.3 Å². The van der Waals surface area contributed by atoms with Crippen LogP contribution < -0.4 is 5.32 Å². The first-order valence-corrected chi connectivity index (χ1v) is 12.5. The molecule has 2 saturated heterocycles. The zero-order chi connectivity index (χ0) is 25.4. The van der Waals surface area contributed by atoms with Crippen molar-refractivity contribution in [3.63, 3.8) is 0 Å². The number of nitriles is 1. The van der Waals surface area contributed by atoms with E-state index in [0.29, 0.717) is 25.6 Å². The molecule has 188 valence electrons. The van der Waals surface area contributed by atoms with Gasteiger partial charge in [-0.25, -0.2) is 14.8 Å². The van der Waals surface area contributed by atoms with Crippen LogP contribution in [0.15, 0.2) is 49.3 Å². The fourth-order valence-electron chi connectivity index (χ4n) is 5.50. The average molecular weight is 497 g/mol. The summed E-state index contributed by atoms with van der Waals surface area (Å²) in [5.74, 6) is 0. The van der Waals surface area contributed by atoms with Crippen LogP contribution in [-0.2, 0) is 5.54 Å². The van der Waals surface area contributed by atoms with Crippen molar-refractivity contribution in [3.05, 3.63) is 55.0 Å². The quantitative estimate of drug-likeness (QED) is 0.434. The molecule has 0 unspecified atom stereocenters. The number of anilines is 1. The summed E-state index contributed by atoms with van der Waals surface area (Å²) in [6, 6.07) is 8.33. The summed E-state index contributed by atoms with van der Waals surface area (Å²) in [6.45, 7) is 4.80. The highest BCUT2D eigenvalue weighted by atomic mass is 16.2. The van der Waals surface area contributed by atoms with Crippen molar-refractivity contribution in [1.29, 1.82) is 5.26 Å². The highest BCUT2D eigenvalue weighted by Gasteiger charge is 2.48. The third-order valence-corrected chi connectivity index (χ3v) is 7.62. The molecule has 2 aliphatic rings. The molecule has 11 heteroatoms. The zero-order valence-electron chi connectivity index (χ0n) is 20.6. The minimum Gasteiger partial charge on any atom is -0.346 e. The molecule has 2 amide bonds. The maximum absolute atomic E-state index is 12.8. The Bertz CT molecular complexity index is 1470. The Hall–Kier alpha value is -4.30. The Labute approximate surface area is 214 Å². The number of nitrogens with one attached hydrogen (secondary N) is 2. The number of amides is 2. The van der Waals surface area contributed by atoms with Gasteiger partial charge in [-0.05, 0) is 38.0 Å². The fourth-order valence-corrected chi connectivity index (χ4v) is 5.50. The number of hydrogen-bond acceptors (Lipinski definition) is 7. The average Bonchev–Trinajstić information content (AvgIpc) is 3.58. The molecule has 11 nitrogen and oxygen atoms in total. The van der Waals surface area contributed by atoms with Gasteiger partial charge < -0.3 is 15.2 Å². The van der Waals surface area contributed by atoms with E-state index < -0.39 is 0 Å². The summed E-state index contributed by atoms with van der Waals surface area (Å²) >= 11 is 0. The molecular weight excluding hydrogens is 468 g/mol. The van der Waals surface area contributed by atoms with Crippen LogP contribution in [0.1, 0.15) is 25.0 Å². The van der Waals surface area contributed by atoms with E-state index in [4.69, 9.17) is 0 Å². The SMILES string of the molecule is Cc1ncccc1NC(=O)N1CCC(N2CC(CC#N)(n3cc(-c4ncnc5[nH]ccc45)cn3)C2)CC1. The number of rotatable bonds is 5. The second kappa shape index (κ2) is 9.29. The van der Waals surface area contributed by atoms with Gasteiger partial charge in [-0.3, -0.25) is 14.6 Å². The molecule has 0 atom stereocenters. The molecule has 0 aromatic carbocycles. The van der Waals surface area contributed by atoms with Crippen molar-refractivity contribution in [2.75, 3.05) is 31.5 Å². The van der Waals surface area contributed by atoms with E-state index in [-0.39, 0.29) is 11.6 Å². The van der Waals surface area contributed by atoms with E-state index in [1.807, 2.05) is 53.3 Å². The van der Waals surface area contributed by atoms with Crippen LogP contribution in [0.5, 0.6) is 0 Å². The minimum atomic E-state index is -0.358. The molecule has 6 rings (SSSR count). The number of hydrogen-bond donors (Lipinski definition) is 2. The molecule has 6 heterocycles. The lowest BCUT2D eigenvalue weighted by molar-refractivity contribution is -0.0399. The lowest BCUT2D eigenvalue weighted by Crippen LogP contribution is -2.66. The van der Waals surface area contributed by atoms with E-state index in [2.05, 4.69) is 41.3 Å². The Kier molecular flexibility index (Phi) is 5.81. The van der Waals surface area contributed by atoms with Gasteiger partial charge in [0.05, 0.1) is 35.8 Å². The van der Waals surface area contributed by atoms with Crippen LogP contribution in [0.4, 0.5) is 10.5 Å². The Morgan fingerprint density at radius 2 is 2.08 bits per heavy atom. The maximum atomic E-state index is 12.8. The topological polar surface area (TPSA) is 132 Å². The number of aromatic nitrogens is 6. The number of H-pyrrole nitrogens is 1. The summed E-state index contributed by atoms with van der Waals surface area (Å²) < 4.78 is 1.95. The third-order valence-electron chi connectivity index (χ3n) is 7.62. The fraction of sp³-hybridized carbons (Fsp3) is 0.385. The first-order valence-electron chi connectivity index (χ1n) is 12.5. The highest BCUT2D eigenvalue weighted by molar-refractivity contribution is 5.90. The minimum absolute atomic E-state index is 0.0812. The Morgan fingerprint density at radius 1 is 1.24 bits per heavy atom. The van der Waals surface area contributed by atoms with Gasteiger partial charge in [0.2, 0.25) is 0 Å². The number of fused-ring (bicyclic) bond motifs is 1. The van der Waals surface area contributed by atoms with Crippen LogP contribution in [-0.4, -0.2) is 77.8 Å². The standard InChI is InChI=1S/C26H28N10O/c1-18-22(3-2-9-28-18)33-25(37)34-11-5-20(6-12-34)35-15-26(16-35,7-8-27)36-14-19(13-32-36)23-21-4-10-29-24(21)31-17-30-23/h2-4,9-10,13-14,17,20H,5-7,11-12,15-16H2,1H3,(H,33,37)(H,29,30,31). The molecule has 2 N–H and O–H groups in total. The smallest absolute Gasteiger partial charge is 0.321 e. The van der Waals surface area contributed by atoms with Crippen molar-refractivity contribution in [1.82, 2.24) is 39.5 Å². The molecule has 0 aliphatic carbocycles. The van der Waals surface area contributed by atoms with E-state index >= 15 is 0 Å². The number of urea groups is 1. The van der Waals surface area contributed by atoms with Gasteiger partial charge in [-0.2, -0.15) is 10.4 Å². The number of aromatic amines is 1. The van der Waals surface area contributed by atoms with E-state index in [0.717, 1.165) is 59.6 Å². The molecule has 2 fully saturated rings. The first kappa shape index (κ1) is 23.1. The third kappa shape index (κ3) is 4.19. The largest absolute Gasteiger partial charge is 0.346 e. The van der Waals surface area contributed by atoms with Crippen LogP contribution in [0.2, 0.25) is 0 Å². The molecule has 2 aliphatic heterocycles. The van der Waals surface area contributed by atoms with Gasteiger partial charge in [-0.1, -0.05) is 0 Å². The van der Waals surface area contributed by atoms with Gasteiger partial charge in [-0.15, -0.1) is 0 Å². The van der Waals surface area contributed by atoms with Crippen molar-refractivity contribution in [2.45, 2.75) is 37.8 Å². The number of pyridine rings is 1. The monoisotopic (exact) mass is 496 g/mol. The molecular formula is C26H28N10O. The van der Waals surface area contributed by atoms with Gasteiger partial charge >= 0.3 is 6.03 Å². The summed E-state index contributed by atoms with van der Waals surface area (Å²) in [7, 11) is 0. The normalized spacial score (nSPS) is 17.9. The summed E-state index contributed by atoms with van der Waals surface area (Å²) in [5, 5.41) is 18.2. The molecule has 4 aromatic heterocycles. The molecule has 0 bridgehead atoms. The lowest BCUT2D eigenvalue weighted by atomic mass is 9.84. The zero-order valence-corrected chi connectivity index (χ0v) is 20.6. The van der Waals surface area contributed by atoms with Crippen LogP contribution >= 0.6 is 0 Å². The van der Waals surface area contributed by atoms with Crippen molar-refractivity contribution in [2.24, 2.45) is 0 Å². The highest BCUT2D eigenvalue weighted by Crippen LogP contribution is 2.37. The predicted molar refractivity (Wildman–Crippen MR) is 137 cm³/mol. The maximum Gasteiger partial charge on any atom is 0.321 e. The Morgan fingerprint density at radius 3 is 2.86 bits per heavy atom. The van der Waals surface area contributed by atoms with Crippen molar-refractivity contribution < 1.29 is 4.79 Å². The summed E-state index contributed by atoms with van der Waals surface area (Å²) in [6.07, 6.45) is 11.1.